The zero-order chi connectivity index (χ0) is 67.8. The van der Waals surface area contributed by atoms with Crippen LogP contribution < -0.4 is 17.0 Å². The molecule has 1 N–H and O–H groups in total. The van der Waals surface area contributed by atoms with Crippen LogP contribution in [0.15, 0.2) is 425 Å². The summed E-state index contributed by atoms with van der Waals surface area (Å²) in [4.78, 5) is 24.3. The molecule has 0 amide bonds. The van der Waals surface area contributed by atoms with Crippen molar-refractivity contribution in [3.05, 3.63) is 503 Å². The Labute approximate surface area is 633 Å². The van der Waals surface area contributed by atoms with E-state index in [-0.39, 0.29) is 60.0 Å². The molecule has 14 rings (SSSR count). The second-order valence-electron chi connectivity index (χ2n) is 22.6. The Morgan fingerprint density at radius 2 is 0.505 bits per heavy atom. The van der Waals surface area contributed by atoms with E-state index in [4.69, 9.17) is 0 Å². The molecule has 0 unspecified atom stereocenters. The molecule has 3 radical (unpaired) electrons. The second kappa shape index (κ2) is 41.7. The summed E-state index contributed by atoms with van der Waals surface area (Å²) in [6, 6.07) is 143. The van der Waals surface area contributed by atoms with E-state index in [2.05, 4.69) is 131 Å². The minimum absolute atomic E-state index is 0. The van der Waals surface area contributed by atoms with Gasteiger partial charge in [-0.25, -0.2) is 0 Å². The SMILES string of the molecule is BrC(=C(c1ccccc1)c1ccccc1)c1ccccc1.CC(=O)C(=C(c1ccccc1)c1ccccc1)c1ccccc1.O=C(c1ccccc1)c1ccccc1.OC(C(=C(c1ccccc1)c1ccccc1)c1ccccc1)(c1ccccc1)c1ccccc1.[B].[Br-].[Mg+2].[c-]1ccccc1. The van der Waals surface area contributed by atoms with Crippen LogP contribution in [0.1, 0.15) is 84.0 Å². The number of Topliss-reactive ketones (excluding diaryl/α,β-unsaturated/α-hetero) is 1. The van der Waals surface area contributed by atoms with Gasteiger partial charge < -0.3 is 22.1 Å². The summed E-state index contributed by atoms with van der Waals surface area (Å²) in [5.74, 6) is 0.144. The molecular weight excluding hydrogens is 1370 g/mol. The summed E-state index contributed by atoms with van der Waals surface area (Å²) in [5, 5.41) is 12.9. The maximum absolute atomic E-state index is 12.9. The van der Waals surface area contributed by atoms with Crippen LogP contribution in [0.2, 0.25) is 0 Å². The third kappa shape index (κ3) is 21.7. The molecule has 0 aliphatic rings. The normalized spacial score (nSPS) is 9.97. The molecule has 3 nitrogen and oxygen atoms in total. The van der Waals surface area contributed by atoms with Crippen molar-refractivity contribution in [2.45, 2.75) is 12.5 Å². The van der Waals surface area contributed by atoms with Crippen molar-refractivity contribution in [2.24, 2.45) is 0 Å². The maximum Gasteiger partial charge on any atom is 2.00 e. The van der Waals surface area contributed by atoms with Gasteiger partial charge >= 0.3 is 23.1 Å². The van der Waals surface area contributed by atoms with Gasteiger partial charge in [0.1, 0.15) is 5.60 Å². The molecule has 0 saturated carbocycles. The predicted molar refractivity (Wildman–Crippen MR) is 424 cm³/mol. The standard InChI is InChI=1S/C33H26O.C22H18O.C20H15Br.C13H10O.C6H5.B.BrH.Mg/c34-33(29-22-12-4-13-23-29,30-24-14-5-15-25-30)32(28-20-10-3-11-21-28)31(26-16-6-1-7-17-26)27-18-8-2-9-19-27;1-17(23)21(18-11-5-2-6-12-18)22(19-13-7-3-8-14-19)20-15-9-4-10-16-20;21-20(18-14-8-3-9-15-18)19(16-10-4-1-5-11-16)17-12-6-2-7-13-17;14-13(11-7-3-1-4-8-11)12-9-5-2-6-10-12;1-2-4-6-5-3-1;;;/h1-25,34H;2-16H,1H3;1-15H;1-10H;1-5H;;1H;/q;;;;-1;;;+2/p-1. The van der Waals surface area contributed by atoms with Gasteiger partial charge in [-0.3, -0.25) is 9.59 Å². The van der Waals surface area contributed by atoms with Crippen molar-refractivity contribution in [3.8, 4) is 0 Å². The summed E-state index contributed by atoms with van der Waals surface area (Å²) < 4.78 is 1.11. The molecule has 7 heteroatoms. The van der Waals surface area contributed by atoms with Gasteiger partial charge in [-0.2, -0.15) is 36.4 Å². The fraction of sp³-hybridized carbons (Fsp3) is 0.0213. The van der Waals surface area contributed by atoms with Gasteiger partial charge in [0.15, 0.2) is 11.6 Å². The first-order valence-electron chi connectivity index (χ1n) is 32.6. The first-order valence-corrected chi connectivity index (χ1v) is 33.4. The molecule has 14 aromatic carbocycles. The Morgan fingerprint density at radius 1 is 0.287 bits per heavy atom. The van der Waals surface area contributed by atoms with Gasteiger partial charge in [0.2, 0.25) is 0 Å². The Hall–Kier alpha value is -10.6. The molecule has 0 fully saturated rings. The zero-order valence-corrected chi connectivity index (χ0v) is 60.8. The molecule has 0 heterocycles. The summed E-state index contributed by atoms with van der Waals surface area (Å²) >= 11 is 3.81. The topological polar surface area (TPSA) is 54.4 Å². The van der Waals surface area contributed by atoms with Crippen LogP contribution in [0.25, 0.3) is 32.3 Å². The van der Waals surface area contributed by atoms with E-state index in [1.165, 1.54) is 22.3 Å². The number of allylic oxidation sites excluding steroid dienone is 1. The smallest absolute Gasteiger partial charge is 1.00 e. The molecule has 0 spiro atoms. The first kappa shape index (κ1) is 77.7. The molecule has 0 aromatic heterocycles. The fourth-order valence-corrected chi connectivity index (χ4v) is 12.2. The van der Waals surface area contributed by atoms with Crippen LogP contribution in [-0.2, 0) is 10.4 Å². The van der Waals surface area contributed by atoms with Crippen molar-refractivity contribution in [1.29, 1.82) is 0 Å². The molecule has 14 aromatic rings. The first-order chi connectivity index (χ1) is 48.3. The average Bonchev–Trinajstić information content (AvgIpc) is 0.745. The number of ketones is 2. The third-order valence-corrected chi connectivity index (χ3v) is 16.9. The number of carbonyl (C=O) groups excluding carboxylic acids is 2. The van der Waals surface area contributed by atoms with Gasteiger partial charge in [-0.15, -0.1) is 0 Å². The van der Waals surface area contributed by atoms with Crippen molar-refractivity contribution < 1.29 is 31.7 Å². The number of hydrogen-bond donors (Lipinski definition) is 1. The monoisotopic (exact) mass is 1440 g/mol. The average molecular weight is 1450 g/mol. The molecular formula is C94H74BBr2MgO3. The fourth-order valence-electron chi connectivity index (χ4n) is 11.5. The number of halogens is 2. The summed E-state index contributed by atoms with van der Waals surface area (Å²) in [6.07, 6.45) is 0. The van der Waals surface area contributed by atoms with Crippen molar-refractivity contribution in [2.75, 3.05) is 0 Å². The summed E-state index contributed by atoms with van der Waals surface area (Å²) in [5.41, 5.74) is 16.2. The summed E-state index contributed by atoms with van der Waals surface area (Å²) in [7, 11) is 0. The van der Waals surface area contributed by atoms with Crippen molar-refractivity contribution in [3.63, 3.8) is 0 Å². The van der Waals surface area contributed by atoms with Gasteiger partial charge in [-0.1, -0.05) is 394 Å². The molecule has 101 heavy (non-hydrogen) atoms. The number of aliphatic hydroxyl groups is 1. The zero-order valence-electron chi connectivity index (χ0n) is 56.2. The number of carbonyl (C=O) groups is 2. The van der Waals surface area contributed by atoms with E-state index >= 15 is 0 Å². The Bertz CT molecular complexity index is 4530. The molecule has 0 aliphatic heterocycles. The second-order valence-corrected chi connectivity index (χ2v) is 23.4. The molecule has 487 valence electrons. The van der Waals surface area contributed by atoms with E-state index < -0.39 is 5.60 Å². The van der Waals surface area contributed by atoms with Crippen molar-refractivity contribution in [1.82, 2.24) is 0 Å². The molecule has 0 bridgehead atoms. The Morgan fingerprint density at radius 3 is 0.762 bits per heavy atom. The number of hydrogen-bond acceptors (Lipinski definition) is 3. The van der Waals surface area contributed by atoms with Crippen LogP contribution >= 0.6 is 15.9 Å². The van der Waals surface area contributed by atoms with E-state index in [1.807, 2.05) is 315 Å². The molecule has 0 atom stereocenters. The Balaban J connectivity index is 0.000000189. The summed E-state index contributed by atoms with van der Waals surface area (Å²) in [6.45, 7) is 1.63. The van der Waals surface area contributed by atoms with E-state index in [0.29, 0.717) is 0 Å². The number of rotatable bonds is 15. The minimum atomic E-state index is -1.38. The van der Waals surface area contributed by atoms with E-state index in [1.54, 1.807) is 6.92 Å². The van der Waals surface area contributed by atoms with Crippen LogP contribution in [0, 0.1) is 6.07 Å². The van der Waals surface area contributed by atoms with Crippen LogP contribution in [0.5, 0.6) is 0 Å². The predicted octanol–water partition coefficient (Wildman–Crippen LogP) is 19.5. The molecule has 0 aliphatic carbocycles. The van der Waals surface area contributed by atoms with Gasteiger partial charge in [0, 0.05) is 46.3 Å². The van der Waals surface area contributed by atoms with Crippen LogP contribution in [-0.4, -0.2) is 48.1 Å². The third-order valence-electron chi connectivity index (χ3n) is 16.0. The van der Waals surface area contributed by atoms with Crippen LogP contribution in [0.3, 0.4) is 0 Å². The van der Waals surface area contributed by atoms with Crippen LogP contribution in [0.4, 0.5) is 0 Å². The van der Waals surface area contributed by atoms with E-state index in [9.17, 15) is 14.7 Å². The van der Waals surface area contributed by atoms with Gasteiger partial charge in [-0.05, 0) is 89.6 Å². The Kier molecular flexibility index (Phi) is 32.1. The largest absolute Gasteiger partial charge is 2.00 e. The quantitative estimate of drug-likeness (QED) is 0.0366. The maximum atomic E-state index is 12.9. The van der Waals surface area contributed by atoms with Gasteiger partial charge in [0.05, 0.1) is 0 Å². The van der Waals surface area contributed by atoms with Crippen molar-refractivity contribution >= 4 is 91.3 Å². The number of benzene rings is 14. The van der Waals surface area contributed by atoms with E-state index in [0.717, 1.165) is 82.4 Å². The molecule has 0 saturated heterocycles. The minimum Gasteiger partial charge on any atom is -1.00 e. The van der Waals surface area contributed by atoms with Gasteiger partial charge in [0.25, 0.3) is 0 Å².